The highest BCUT2D eigenvalue weighted by Crippen LogP contribution is 2.31. The number of para-hydroxylation sites is 1. The smallest absolute Gasteiger partial charge is 0.226 e. The van der Waals surface area contributed by atoms with Gasteiger partial charge in [-0.05, 0) is 30.7 Å². The van der Waals surface area contributed by atoms with Gasteiger partial charge in [-0.1, -0.05) is 47.5 Å². The van der Waals surface area contributed by atoms with Crippen molar-refractivity contribution in [2.24, 2.45) is 0 Å². The lowest BCUT2D eigenvalue weighted by Gasteiger charge is -2.18. The summed E-state index contributed by atoms with van der Waals surface area (Å²) < 4.78 is 5.59. The number of anilines is 1. The first-order valence-corrected chi connectivity index (χ1v) is 9.05. The number of ether oxygens (including phenoxy) is 1. The number of carbonyl (C=O) groups excluding carboxylic acids is 1. The Hall–Kier alpha value is -1.91. The number of likely N-dealkylation sites (tertiary alicyclic amines) is 1. The lowest BCUT2D eigenvalue weighted by molar-refractivity contribution is -0.130. The standard InChI is InChI=1S/C19H20Cl2N2O2/c20-16-7-4-8-17(19(16)21)25-12-10-18(24)23-11-9-15(13-23)22-14-5-2-1-3-6-14/h1-8,15,22H,9-13H2. The summed E-state index contributed by atoms with van der Waals surface area (Å²) in [4.78, 5) is 14.2. The van der Waals surface area contributed by atoms with E-state index in [1.165, 1.54) is 0 Å². The maximum absolute atomic E-state index is 12.3. The zero-order valence-electron chi connectivity index (χ0n) is 13.8. The van der Waals surface area contributed by atoms with Crippen LogP contribution in [0, 0.1) is 0 Å². The van der Waals surface area contributed by atoms with E-state index in [0.717, 1.165) is 18.7 Å². The van der Waals surface area contributed by atoms with Crippen LogP contribution in [0.15, 0.2) is 48.5 Å². The predicted octanol–water partition coefficient (Wildman–Crippen LogP) is 4.48. The largest absolute Gasteiger partial charge is 0.491 e. The highest BCUT2D eigenvalue weighted by Gasteiger charge is 2.25. The molecular weight excluding hydrogens is 359 g/mol. The number of halogens is 2. The van der Waals surface area contributed by atoms with Crippen LogP contribution in [-0.2, 0) is 4.79 Å². The van der Waals surface area contributed by atoms with Crippen LogP contribution in [-0.4, -0.2) is 36.5 Å². The molecule has 2 aromatic carbocycles. The van der Waals surface area contributed by atoms with Crippen molar-refractivity contribution >= 4 is 34.8 Å². The Balaban J connectivity index is 1.44. The third kappa shape index (κ3) is 4.80. The Morgan fingerprint density at radius 1 is 1.16 bits per heavy atom. The summed E-state index contributed by atoms with van der Waals surface area (Å²) in [6, 6.07) is 15.6. The molecule has 25 heavy (non-hydrogen) atoms. The molecule has 0 radical (unpaired) electrons. The average Bonchev–Trinajstić information content (AvgIpc) is 3.08. The lowest BCUT2D eigenvalue weighted by Crippen LogP contribution is -2.32. The molecule has 1 aliphatic rings. The zero-order chi connectivity index (χ0) is 17.6. The van der Waals surface area contributed by atoms with Gasteiger partial charge in [-0.15, -0.1) is 0 Å². The van der Waals surface area contributed by atoms with Crippen molar-refractivity contribution in [2.75, 3.05) is 25.0 Å². The molecule has 0 saturated carbocycles. The van der Waals surface area contributed by atoms with E-state index in [9.17, 15) is 4.79 Å². The van der Waals surface area contributed by atoms with Gasteiger partial charge in [-0.25, -0.2) is 0 Å². The number of nitrogens with zero attached hydrogens (tertiary/aromatic N) is 1. The first kappa shape index (κ1) is 17.9. The molecule has 1 N–H and O–H groups in total. The van der Waals surface area contributed by atoms with Gasteiger partial charge >= 0.3 is 0 Å². The van der Waals surface area contributed by atoms with Crippen LogP contribution in [0.25, 0.3) is 0 Å². The van der Waals surface area contributed by atoms with Gasteiger partial charge < -0.3 is 15.0 Å². The summed E-state index contributed by atoms with van der Waals surface area (Å²) in [5.74, 6) is 0.600. The fourth-order valence-electron chi connectivity index (χ4n) is 2.88. The van der Waals surface area contributed by atoms with E-state index in [0.29, 0.717) is 28.8 Å². The third-order valence-corrected chi connectivity index (χ3v) is 4.98. The second-order valence-electron chi connectivity index (χ2n) is 5.99. The number of amides is 1. The molecule has 1 atom stereocenters. The molecule has 1 fully saturated rings. The van der Waals surface area contributed by atoms with Gasteiger partial charge in [0.2, 0.25) is 5.91 Å². The third-order valence-electron chi connectivity index (χ3n) is 4.18. The monoisotopic (exact) mass is 378 g/mol. The minimum atomic E-state index is 0.0931. The van der Waals surface area contributed by atoms with Crippen LogP contribution in [0.3, 0.4) is 0 Å². The van der Waals surface area contributed by atoms with Gasteiger partial charge in [0.25, 0.3) is 0 Å². The molecule has 132 valence electrons. The van der Waals surface area contributed by atoms with Crippen molar-refractivity contribution in [3.63, 3.8) is 0 Å². The normalized spacial score (nSPS) is 16.7. The van der Waals surface area contributed by atoms with Crippen LogP contribution < -0.4 is 10.1 Å². The van der Waals surface area contributed by atoms with Crippen molar-refractivity contribution in [3.05, 3.63) is 58.6 Å². The maximum atomic E-state index is 12.3. The molecule has 1 amide bonds. The van der Waals surface area contributed by atoms with Crippen molar-refractivity contribution in [3.8, 4) is 5.75 Å². The second kappa shape index (κ2) is 8.45. The zero-order valence-corrected chi connectivity index (χ0v) is 15.3. The molecule has 3 rings (SSSR count). The van der Waals surface area contributed by atoms with E-state index in [1.807, 2.05) is 35.2 Å². The SMILES string of the molecule is O=C(CCOc1cccc(Cl)c1Cl)N1CCC(Nc2ccccc2)C1. The van der Waals surface area contributed by atoms with Gasteiger partial charge in [-0.3, -0.25) is 4.79 Å². The topological polar surface area (TPSA) is 41.6 Å². The van der Waals surface area contributed by atoms with E-state index in [-0.39, 0.29) is 18.6 Å². The first-order chi connectivity index (χ1) is 12.1. The molecule has 0 aliphatic carbocycles. The maximum Gasteiger partial charge on any atom is 0.226 e. The van der Waals surface area contributed by atoms with Crippen molar-refractivity contribution in [1.82, 2.24) is 4.90 Å². The minimum absolute atomic E-state index is 0.0931. The van der Waals surface area contributed by atoms with E-state index in [4.69, 9.17) is 27.9 Å². The van der Waals surface area contributed by atoms with Crippen LogP contribution in [0.2, 0.25) is 10.0 Å². The number of carbonyl (C=O) groups is 1. The van der Waals surface area contributed by atoms with Crippen molar-refractivity contribution in [1.29, 1.82) is 0 Å². The Kier molecular flexibility index (Phi) is 6.05. The Morgan fingerprint density at radius 3 is 2.76 bits per heavy atom. The second-order valence-corrected chi connectivity index (χ2v) is 6.77. The highest BCUT2D eigenvalue weighted by atomic mass is 35.5. The van der Waals surface area contributed by atoms with Gasteiger partial charge in [0, 0.05) is 24.8 Å². The molecule has 1 saturated heterocycles. The van der Waals surface area contributed by atoms with Gasteiger partial charge in [0.15, 0.2) is 0 Å². The number of benzene rings is 2. The van der Waals surface area contributed by atoms with Gasteiger partial charge in [0.1, 0.15) is 10.8 Å². The van der Waals surface area contributed by atoms with Gasteiger partial charge in [0.05, 0.1) is 18.1 Å². The van der Waals surface area contributed by atoms with Crippen LogP contribution in [0.1, 0.15) is 12.8 Å². The van der Waals surface area contributed by atoms with E-state index in [1.54, 1.807) is 18.2 Å². The predicted molar refractivity (Wildman–Crippen MR) is 102 cm³/mol. The summed E-state index contributed by atoms with van der Waals surface area (Å²) in [7, 11) is 0. The fourth-order valence-corrected chi connectivity index (χ4v) is 3.22. The molecule has 1 unspecified atom stereocenters. The molecule has 4 nitrogen and oxygen atoms in total. The molecule has 1 heterocycles. The fraction of sp³-hybridized carbons (Fsp3) is 0.316. The molecule has 6 heteroatoms. The average molecular weight is 379 g/mol. The first-order valence-electron chi connectivity index (χ1n) is 8.29. The van der Waals surface area contributed by atoms with E-state index >= 15 is 0 Å². The van der Waals surface area contributed by atoms with Crippen LogP contribution >= 0.6 is 23.2 Å². The Morgan fingerprint density at radius 2 is 1.96 bits per heavy atom. The quantitative estimate of drug-likeness (QED) is 0.805. The number of nitrogens with one attached hydrogen (secondary N) is 1. The number of hydrogen-bond acceptors (Lipinski definition) is 3. The van der Waals surface area contributed by atoms with E-state index in [2.05, 4.69) is 5.32 Å². The minimum Gasteiger partial charge on any atom is -0.491 e. The number of hydrogen-bond donors (Lipinski definition) is 1. The van der Waals surface area contributed by atoms with Crippen molar-refractivity contribution < 1.29 is 9.53 Å². The molecule has 1 aliphatic heterocycles. The summed E-state index contributed by atoms with van der Waals surface area (Å²) in [5.41, 5.74) is 1.08. The lowest BCUT2D eigenvalue weighted by atomic mass is 10.2. The van der Waals surface area contributed by atoms with Crippen LogP contribution in [0.4, 0.5) is 5.69 Å². The summed E-state index contributed by atoms with van der Waals surface area (Å²) in [6.07, 6.45) is 1.27. The molecule has 0 aromatic heterocycles. The molecular formula is C19H20Cl2N2O2. The highest BCUT2D eigenvalue weighted by molar-refractivity contribution is 6.42. The van der Waals surface area contributed by atoms with Crippen molar-refractivity contribution in [2.45, 2.75) is 18.9 Å². The molecule has 0 spiro atoms. The Labute approximate surface area is 157 Å². The van der Waals surface area contributed by atoms with E-state index < -0.39 is 0 Å². The number of rotatable bonds is 6. The van der Waals surface area contributed by atoms with Crippen LogP contribution in [0.5, 0.6) is 5.75 Å². The van der Waals surface area contributed by atoms with Gasteiger partial charge in [-0.2, -0.15) is 0 Å². The molecule has 0 bridgehead atoms. The summed E-state index contributed by atoms with van der Waals surface area (Å²) >= 11 is 12.0. The Bertz CT molecular complexity index is 725. The molecule has 2 aromatic rings. The summed E-state index contributed by atoms with van der Waals surface area (Å²) in [5, 5.41) is 4.29. The summed E-state index contributed by atoms with van der Waals surface area (Å²) in [6.45, 7) is 1.76.